The fourth-order valence-corrected chi connectivity index (χ4v) is 5.68. The SMILES string of the molecule is CC12CCC(C(=O)C1=O)C2(C)C.O=C(C(=O)c1ccccc1)c1ccccc1.O=C(C(=O)c1ccccc1)c1ccccc1. The lowest BCUT2D eigenvalue weighted by atomic mass is 9.70. The average molecular weight is 587 g/mol. The van der Waals surface area contributed by atoms with E-state index in [1.165, 1.54) is 0 Å². The van der Waals surface area contributed by atoms with Crippen molar-refractivity contribution in [3.05, 3.63) is 144 Å². The standard InChI is InChI=1S/2C14H10O2.C10H14O2/c2*15-13(11-7-3-1-4-8-11)14(16)12-9-5-2-6-10-12;1-9(2)6-4-5-10(9,3)8(12)7(6)11/h2*1-10H;6H,4-5H2,1-3H3. The van der Waals surface area contributed by atoms with Crippen molar-refractivity contribution in [2.75, 3.05) is 0 Å². The molecule has 0 aromatic heterocycles. The number of Topliss-reactive ketones (excluding diaryl/α,β-unsaturated/α-hetero) is 6. The van der Waals surface area contributed by atoms with Crippen molar-refractivity contribution >= 4 is 34.7 Å². The normalized spacial score (nSPS) is 19.1. The Kier molecular flexibility index (Phi) is 9.74. The number of benzene rings is 4. The molecule has 0 saturated heterocycles. The van der Waals surface area contributed by atoms with Gasteiger partial charge in [0.1, 0.15) is 0 Å². The van der Waals surface area contributed by atoms with Gasteiger partial charge in [-0.05, 0) is 18.3 Å². The first-order chi connectivity index (χ1) is 21.0. The highest BCUT2D eigenvalue weighted by Crippen LogP contribution is 2.61. The van der Waals surface area contributed by atoms with Crippen LogP contribution < -0.4 is 0 Å². The first-order valence-corrected chi connectivity index (χ1v) is 14.5. The van der Waals surface area contributed by atoms with Crippen molar-refractivity contribution in [3.63, 3.8) is 0 Å². The molecule has 2 aliphatic rings. The van der Waals surface area contributed by atoms with Gasteiger partial charge in [0.25, 0.3) is 0 Å². The molecular formula is C38H34O6. The Morgan fingerprint density at radius 2 is 0.773 bits per heavy atom. The lowest BCUT2D eigenvalue weighted by molar-refractivity contribution is -0.141. The van der Waals surface area contributed by atoms with Gasteiger partial charge in [-0.3, -0.25) is 28.8 Å². The van der Waals surface area contributed by atoms with Crippen LogP contribution in [-0.2, 0) is 9.59 Å². The molecule has 222 valence electrons. The Labute approximate surface area is 257 Å². The second-order valence-corrected chi connectivity index (χ2v) is 11.6. The fraction of sp³-hybridized carbons (Fsp3) is 0.211. The van der Waals surface area contributed by atoms with E-state index in [-0.39, 0.29) is 28.3 Å². The molecule has 6 rings (SSSR count). The zero-order chi connectivity index (χ0) is 31.9. The maximum Gasteiger partial charge on any atom is 0.233 e. The molecule has 4 aromatic rings. The molecular weight excluding hydrogens is 552 g/mol. The molecule has 2 unspecified atom stereocenters. The first-order valence-electron chi connectivity index (χ1n) is 14.5. The second kappa shape index (κ2) is 13.5. The van der Waals surface area contributed by atoms with E-state index in [2.05, 4.69) is 0 Å². The minimum Gasteiger partial charge on any atom is -0.291 e. The van der Waals surface area contributed by atoms with Crippen LogP contribution in [0.1, 0.15) is 75.0 Å². The van der Waals surface area contributed by atoms with E-state index in [4.69, 9.17) is 0 Å². The Morgan fingerprint density at radius 3 is 0.955 bits per heavy atom. The molecule has 0 aliphatic heterocycles. The number of carbonyl (C=O) groups excluding carboxylic acids is 6. The minimum atomic E-state index is -0.466. The van der Waals surface area contributed by atoms with Crippen molar-refractivity contribution in [2.24, 2.45) is 16.7 Å². The van der Waals surface area contributed by atoms with Crippen LogP contribution in [-0.4, -0.2) is 34.7 Å². The van der Waals surface area contributed by atoms with Crippen molar-refractivity contribution in [1.29, 1.82) is 0 Å². The summed E-state index contributed by atoms with van der Waals surface area (Å²) in [6, 6.07) is 34.3. The quantitative estimate of drug-likeness (QED) is 0.177. The highest BCUT2D eigenvalue weighted by atomic mass is 16.2. The van der Waals surface area contributed by atoms with Gasteiger partial charge in [-0.2, -0.15) is 0 Å². The molecule has 2 bridgehead atoms. The Bertz CT molecular complexity index is 1480. The maximum atomic E-state index is 11.8. The number of carbonyl (C=O) groups is 6. The van der Waals surface area contributed by atoms with Crippen LogP contribution in [0.2, 0.25) is 0 Å². The Balaban J connectivity index is 0.000000152. The summed E-state index contributed by atoms with van der Waals surface area (Å²) >= 11 is 0. The zero-order valence-electron chi connectivity index (χ0n) is 25.0. The van der Waals surface area contributed by atoms with Gasteiger partial charge >= 0.3 is 0 Å². The Hall–Kier alpha value is -5.10. The third-order valence-electron chi connectivity index (χ3n) is 8.82. The van der Waals surface area contributed by atoms with Crippen molar-refractivity contribution in [2.45, 2.75) is 33.6 Å². The van der Waals surface area contributed by atoms with Gasteiger partial charge in [-0.25, -0.2) is 0 Å². The minimum absolute atomic E-state index is 0.00926. The summed E-state index contributed by atoms with van der Waals surface area (Å²) in [5.41, 5.74) is 1.26. The van der Waals surface area contributed by atoms with E-state index < -0.39 is 23.1 Å². The Morgan fingerprint density at radius 1 is 0.500 bits per heavy atom. The molecule has 0 heterocycles. The van der Waals surface area contributed by atoms with Gasteiger partial charge in [0.05, 0.1) is 0 Å². The van der Waals surface area contributed by atoms with Crippen LogP contribution in [0.3, 0.4) is 0 Å². The molecule has 2 atom stereocenters. The van der Waals surface area contributed by atoms with Crippen molar-refractivity contribution in [3.8, 4) is 0 Å². The molecule has 0 amide bonds. The molecule has 0 N–H and O–H groups in total. The summed E-state index contributed by atoms with van der Waals surface area (Å²) in [6.07, 6.45) is 1.81. The van der Waals surface area contributed by atoms with E-state index in [0.717, 1.165) is 12.8 Å². The van der Waals surface area contributed by atoms with Crippen LogP contribution in [0.5, 0.6) is 0 Å². The largest absolute Gasteiger partial charge is 0.291 e. The molecule has 0 spiro atoms. The second-order valence-electron chi connectivity index (χ2n) is 11.6. The predicted octanol–water partition coefficient (Wildman–Crippen LogP) is 7.09. The van der Waals surface area contributed by atoms with E-state index in [1.54, 1.807) is 97.1 Å². The van der Waals surface area contributed by atoms with Crippen LogP contribution in [0, 0.1) is 16.7 Å². The topological polar surface area (TPSA) is 102 Å². The molecule has 2 saturated carbocycles. The van der Waals surface area contributed by atoms with Crippen molar-refractivity contribution < 1.29 is 28.8 Å². The monoisotopic (exact) mass is 586 g/mol. The summed E-state index contributed by atoms with van der Waals surface area (Å²) in [5, 5.41) is 0. The number of fused-ring (bicyclic) bond motifs is 2. The van der Waals surface area contributed by atoms with Gasteiger partial charge < -0.3 is 0 Å². The van der Waals surface area contributed by atoms with E-state index >= 15 is 0 Å². The third-order valence-corrected chi connectivity index (χ3v) is 8.82. The van der Waals surface area contributed by atoms with E-state index in [1.807, 2.05) is 45.0 Å². The molecule has 2 fully saturated rings. The number of hydrogen-bond donors (Lipinski definition) is 0. The highest BCUT2D eigenvalue weighted by Gasteiger charge is 2.66. The van der Waals surface area contributed by atoms with Gasteiger partial charge in [0, 0.05) is 33.6 Å². The summed E-state index contributed by atoms with van der Waals surface area (Å²) < 4.78 is 0. The molecule has 6 heteroatoms. The highest BCUT2D eigenvalue weighted by molar-refractivity contribution is 6.49. The van der Waals surface area contributed by atoms with Gasteiger partial charge in [-0.15, -0.1) is 0 Å². The summed E-state index contributed by atoms with van der Waals surface area (Å²) in [6.45, 7) is 6.04. The number of rotatable bonds is 6. The molecule has 44 heavy (non-hydrogen) atoms. The molecule has 0 radical (unpaired) electrons. The van der Waals surface area contributed by atoms with Crippen LogP contribution in [0.25, 0.3) is 0 Å². The molecule has 2 aliphatic carbocycles. The van der Waals surface area contributed by atoms with Crippen LogP contribution in [0.4, 0.5) is 0 Å². The summed E-state index contributed by atoms with van der Waals surface area (Å²) in [5.74, 6) is -2.09. The third kappa shape index (κ3) is 6.45. The number of hydrogen-bond acceptors (Lipinski definition) is 6. The van der Waals surface area contributed by atoms with E-state index in [0.29, 0.717) is 22.3 Å². The summed E-state index contributed by atoms with van der Waals surface area (Å²) in [7, 11) is 0. The number of ketones is 6. The lowest BCUT2D eigenvalue weighted by Gasteiger charge is -2.31. The maximum absolute atomic E-state index is 11.8. The molecule has 6 nitrogen and oxygen atoms in total. The van der Waals surface area contributed by atoms with Gasteiger partial charge in [0.15, 0.2) is 0 Å². The van der Waals surface area contributed by atoms with Gasteiger partial charge in [-0.1, -0.05) is 142 Å². The lowest BCUT2D eigenvalue weighted by Crippen LogP contribution is -2.33. The van der Waals surface area contributed by atoms with Crippen LogP contribution >= 0.6 is 0 Å². The smallest absolute Gasteiger partial charge is 0.233 e. The first kappa shape index (κ1) is 31.8. The summed E-state index contributed by atoms with van der Waals surface area (Å²) in [4.78, 5) is 70.2. The van der Waals surface area contributed by atoms with Crippen molar-refractivity contribution in [1.82, 2.24) is 0 Å². The van der Waals surface area contributed by atoms with E-state index in [9.17, 15) is 28.8 Å². The predicted molar refractivity (Wildman–Crippen MR) is 168 cm³/mol. The zero-order valence-corrected chi connectivity index (χ0v) is 25.0. The molecule has 4 aromatic carbocycles. The average Bonchev–Trinajstić information content (AvgIpc) is 3.39. The van der Waals surface area contributed by atoms with Gasteiger partial charge in [0.2, 0.25) is 34.7 Å². The van der Waals surface area contributed by atoms with Crippen LogP contribution in [0.15, 0.2) is 121 Å². The fourth-order valence-electron chi connectivity index (χ4n) is 5.68.